The highest BCUT2D eigenvalue weighted by atomic mass is 35.5. The number of amides is 1. The number of hydrogen-bond acceptors (Lipinski definition) is 4. The summed E-state index contributed by atoms with van der Waals surface area (Å²) in [5.74, 6) is 0.218. The highest BCUT2D eigenvalue weighted by Gasteiger charge is 2.35. The van der Waals surface area contributed by atoms with Gasteiger partial charge in [0.05, 0.1) is 33.1 Å². The summed E-state index contributed by atoms with van der Waals surface area (Å²) in [5, 5.41) is 3.33. The third-order valence-electron chi connectivity index (χ3n) is 4.91. The molecule has 168 valence electrons. The number of anilines is 1. The summed E-state index contributed by atoms with van der Waals surface area (Å²) in [7, 11) is -3.83. The molecule has 0 fully saturated rings. The van der Waals surface area contributed by atoms with Gasteiger partial charge in [-0.25, -0.2) is 8.42 Å². The van der Waals surface area contributed by atoms with Crippen LogP contribution in [0.4, 0.5) is 5.69 Å². The Kier molecular flexibility index (Phi) is 6.73. The van der Waals surface area contributed by atoms with E-state index in [2.05, 4.69) is 5.32 Å². The van der Waals surface area contributed by atoms with Gasteiger partial charge in [-0.15, -0.1) is 0 Å². The number of nitrogens with one attached hydrogen (secondary N) is 1. The van der Waals surface area contributed by atoms with Gasteiger partial charge in [0.1, 0.15) is 17.9 Å². The predicted octanol–water partition coefficient (Wildman–Crippen LogP) is 5.14. The van der Waals surface area contributed by atoms with Crippen LogP contribution in [0.3, 0.4) is 0 Å². The number of fused-ring (bicyclic) bond motifs is 1. The Morgan fingerprint density at radius 2 is 1.81 bits per heavy atom. The minimum absolute atomic E-state index is 0.0700. The van der Waals surface area contributed by atoms with Gasteiger partial charge < -0.3 is 10.1 Å². The first kappa shape index (κ1) is 24.0. The van der Waals surface area contributed by atoms with Gasteiger partial charge in [0.25, 0.3) is 0 Å². The number of benzene rings is 2. The molecule has 0 aliphatic carbocycles. The van der Waals surface area contributed by atoms with E-state index in [0.717, 1.165) is 21.7 Å². The van der Waals surface area contributed by atoms with Crippen molar-refractivity contribution in [3.8, 4) is 5.75 Å². The average molecular weight is 506 g/mol. The van der Waals surface area contributed by atoms with E-state index < -0.39 is 28.1 Å². The minimum Gasteiger partial charge on any atom is -0.487 e. The van der Waals surface area contributed by atoms with E-state index >= 15 is 0 Å². The van der Waals surface area contributed by atoms with E-state index in [1.807, 2.05) is 39.0 Å². The van der Waals surface area contributed by atoms with Crippen molar-refractivity contribution >= 4 is 56.4 Å². The Bertz CT molecular complexity index is 1140. The van der Waals surface area contributed by atoms with E-state index in [1.54, 1.807) is 0 Å². The molecule has 2 aromatic rings. The van der Waals surface area contributed by atoms with Crippen molar-refractivity contribution in [3.63, 3.8) is 0 Å². The fourth-order valence-electron chi connectivity index (χ4n) is 3.54. The molecule has 0 bridgehead atoms. The van der Waals surface area contributed by atoms with E-state index in [9.17, 15) is 13.2 Å². The largest absolute Gasteiger partial charge is 0.487 e. The van der Waals surface area contributed by atoms with E-state index in [0.29, 0.717) is 12.2 Å². The molecule has 1 unspecified atom stereocenters. The lowest BCUT2D eigenvalue weighted by molar-refractivity contribution is -0.120. The Balaban J connectivity index is 1.88. The van der Waals surface area contributed by atoms with Gasteiger partial charge in [0, 0.05) is 12.0 Å². The molecule has 0 radical (unpaired) electrons. The van der Waals surface area contributed by atoms with Crippen molar-refractivity contribution in [3.05, 3.63) is 56.5 Å². The molecule has 3 rings (SSSR count). The van der Waals surface area contributed by atoms with Gasteiger partial charge in [-0.3, -0.25) is 9.10 Å². The van der Waals surface area contributed by atoms with Crippen molar-refractivity contribution in [2.24, 2.45) is 0 Å². The molecule has 1 atom stereocenters. The predicted molar refractivity (Wildman–Crippen MR) is 125 cm³/mol. The highest BCUT2D eigenvalue weighted by Crippen LogP contribution is 2.40. The molecule has 1 heterocycles. The van der Waals surface area contributed by atoms with Gasteiger partial charge in [-0.2, -0.15) is 0 Å². The first-order valence-electron chi connectivity index (χ1n) is 9.48. The molecule has 0 spiro atoms. The fourth-order valence-corrected chi connectivity index (χ4v) is 5.10. The lowest BCUT2D eigenvalue weighted by atomic mass is 9.89. The normalized spacial score (nSPS) is 17.5. The molecular weight excluding hydrogens is 483 g/mol. The maximum absolute atomic E-state index is 12.9. The van der Waals surface area contributed by atoms with Crippen LogP contribution in [0.25, 0.3) is 0 Å². The second-order valence-corrected chi connectivity index (χ2v) is 11.3. The van der Waals surface area contributed by atoms with Crippen LogP contribution in [0.1, 0.15) is 37.4 Å². The van der Waals surface area contributed by atoms with Crippen molar-refractivity contribution in [1.82, 2.24) is 5.32 Å². The van der Waals surface area contributed by atoms with Gasteiger partial charge in [-0.1, -0.05) is 46.9 Å². The zero-order chi connectivity index (χ0) is 23.1. The Morgan fingerprint density at radius 1 is 1.16 bits per heavy atom. The van der Waals surface area contributed by atoms with Crippen LogP contribution in [0.15, 0.2) is 30.3 Å². The second kappa shape index (κ2) is 8.70. The summed E-state index contributed by atoms with van der Waals surface area (Å²) in [5.41, 5.74) is 1.47. The van der Waals surface area contributed by atoms with Crippen LogP contribution in [0.5, 0.6) is 5.75 Å². The molecular formula is C21H23Cl3N2O4S. The molecule has 0 saturated heterocycles. The first-order chi connectivity index (χ1) is 14.3. The molecule has 1 amide bonds. The monoisotopic (exact) mass is 504 g/mol. The molecule has 1 aliphatic heterocycles. The lowest BCUT2D eigenvalue weighted by Crippen LogP contribution is -2.45. The van der Waals surface area contributed by atoms with Crippen molar-refractivity contribution in [2.75, 3.05) is 17.1 Å². The van der Waals surface area contributed by atoms with E-state index in [-0.39, 0.29) is 26.8 Å². The standard InChI is InChI=1S/C21H23Cl3N2O4S/c1-12-5-6-13-17(10-21(2,3)30-19(13)7-12)25-20(27)11-26(31(4,28)29)18-9-15(23)14(22)8-16(18)24/h5-9,17H,10-11H2,1-4H3,(H,25,27). The number of ether oxygens (including phenoxy) is 1. The number of nitrogens with zero attached hydrogens (tertiary/aromatic N) is 1. The molecule has 31 heavy (non-hydrogen) atoms. The molecule has 0 saturated carbocycles. The molecule has 10 heteroatoms. The minimum atomic E-state index is -3.83. The Labute approximate surface area is 197 Å². The quantitative estimate of drug-likeness (QED) is 0.571. The summed E-state index contributed by atoms with van der Waals surface area (Å²) in [6, 6.07) is 8.12. The summed E-state index contributed by atoms with van der Waals surface area (Å²) < 4.78 is 31.8. The number of halogens is 3. The third-order valence-corrected chi connectivity index (χ3v) is 7.06. The lowest BCUT2D eigenvalue weighted by Gasteiger charge is -2.38. The van der Waals surface area contributed by atoms with Crippen molar-refractivity contribution < 1.29 is 17.9 Å². The zero-order valence-electron chi connectivity index (χ0n) is 17.5. The molecule has 2 aromatic carbocycles. The first-order valence-corrected chi connectivity index (χ1v) is 12.5. The van der Waals surface area contributed by atoms with E-state index in [1.165, 1.54) is 12.1 Å². The molecule has 1 N–H and O–H groups in total. The van der Waals surface area contributed by atoms with Crippen LogP contribution in [0.2, 0.25) is 15.1 Å². The Hall–Kier alpha value is -1.67. The number of carbonyl (C=O) groups excluding carboxylic acids is 1. The maximum Gasteiger partial charge on any atom is 0.241 e. The number of rotatable bonds is 5. The van der Waals surface area contributed by atoms with Crippen molar-refractivity contribution in [1.29, 1.82) is 0 Å². The van der Waals surface area contributed by atoms with Gasteiger partial charge in [-0.05, 0) is 44.5 Å². The van der Waals surface area contributed by atoms with Crippen LogP contribution >= 0.6 is 34.8 Å². The SMILES string of the molecule is Cc1ccc2c(c1)OC(C)(C)CC2NC(=O)CN(c1cc(Cl)c(Cl)cc1Cl)S(C)(=O)=O. The fraction of sp³-hybridized carbons (Fsp3) is 0.381. The van der Waals surface area contributed by atoms with Gasteiger partial charge in [0.2, 0.25) is 15.9 Å². The van der Waals surface area contributed by atoms with Crippen LogP contribution in [-0.4, -0.2) is 32.7 Å². The molecule has 6 nitrogen and oxygen atoms in total. The van der Waals surface area contributed by atoms with Gasteiger partial charge >= 0.3 is 0 Å². The number of carbonyl (C=O) groups is 1. The van der Waals surface area contributed by atoms with Gasteiger partial charge in [0.15, 0.2) is 0 Å². The van der Waals surface area contributed by atoms with Crippen LogP contribution < -0.4 is 14.4 Å². The summed E-state index contributed by atoms with van der Waals surface area (Å²) in [6.07, 6.45) is 1.52. The third kappa shape index (κ3) is 5.58. The molecule has 0 aromatic heterocycles. The number of sulfonamides is 1. The summed E-state index contributed by atoms with van der Waals surface area (Å²) in [4.78, 5) is 12.9. The Morgan fingerprint density at radius 3 is 2.45 bits per heavy atom. The average Bonchev–Trinajstić information content (AvgIpc) is 2.60. The number of hydrogen-bond donors (Lipinski definition) is 1. The van der Waals surface area contributed by atoms with Crippen LogP contribution in [-0.2, 0) is 14.8 Å². The summed E-state index contributed by atoms with van der Waals surface area (Å²) in [6.45, 7) is 5.38. The highest BCUT2D eigenvalue weighted by molar-refractivity contribution is 7.92. The van der Waals surface area contributed by atoms with E-state index in [4.69, 9.17) is 39.5 Å². The zero-order valence-corrected chi connectivity index (χ0v) is 20.6. The smallest absolute Gasteiger partial charge is 0.241 e. The molecule has 1 aliphatic rings. The maximum atomic E-state index is 12.9. The number of aryl methyl sites for hydroxylation is 1. The topological polar surface area (TPSA) is 75.7 Å². The summed E-state index contributed by atoms with van der Waals surface area (Å²) >= 11 is 18.2. The van der Waals surface area contributed by atoms with Crippen molar-refractivity contribution in [2.45, 2.75) is 38.8 Å². The second-order valence-electron chi connectivity index (χ2n) is 8.21. The van der Waals surface area contributed by atoms with Crippen LogP contribution in [0, 0.1) is 6.92 Å².